The number of hydrogen-bond donors (Lipinski definition) is 1. The van der Waals surface area contributed by atoms with Gasteiger partial charge in [0.1, 0.15) is 11.5 Å². The number of nitrogens with zero attached hydrogens (tertiary/aromatic N) is 1. The molecule has 25 heavy (non-hydrogen) atoms. The molecule has 0 aliphatic heterocycles. The van der Waals surface area contributed by atoms with E-state index in [9.17, 15) is 4.79 Å². The maximum atomic E-state index is 11.9. The van der Waals surface area contributed by atoms with E-state index in [0.29, 0.717) is 11.5 Å². The van der Waals surface area contributed by atoms with Gasteiger partial charge in [0.25, 0.3) is 5.91 Å². The molecule has 0 radical (unpaired) electrons. The summed E-state index contributed by atoms with van der Waals surface area (Å²) in [6, 6.07) is 13.4. The Morgan fingerprint density at radius 3 is 2.52 bits per heavy atom. The molecule has 1 N–H and O–H groups in total. The first kappa shape index (κ1) is 19.0. The molecule has 0 fully saturated rings. The van der Waals surface area contributed by atoms with Gasteiger partial charge in [-0.2, -0.15) is 5.10 Å². The third-order valence-electron chi connectivity index (χ3n) is 3.63. The predicted molar refractivity (Wildman–Crippen MR) is 102 cm³/mol. The minimum Gasteiger partial charge on any atom is -0.497 e. The second-order valence-electron chi connectivity index (χ2n) is 5.37. The lowest BCUT2D eigenvalue weighted by molar-refractivity contribution is -0.123. The van der Waals surface area contributed by atoms with E-state index < -0.39 is 0 Å². The predicted octanol–water partition coefficient (Wildman–Crippen LogP) is 3.94. The molecular weight excluding hydrogens is 384 g/mol. The highest BCUT2D eigenvalue weighted by Gasteiger charge is 2.07. The van der Waals surface area contributed by atoms with Crippen molar-refractivity contribution in [3.63, 3.8) is 0 Å². The van der Waals surface area contributed by atoms with Crippen molar-refractivity contribution in [2.24, 2.45) is 5.10 Å². The van der Waals surface area contributed by atoms with E-state index in [1.807, 2.05) is 19.1 Å². The topological polar surface area (TPSA) is 59.9 Å². The van der Waals surface area contributed by atoms with Gasteiger partial charge in [0, 0.05) is 0 Å². The van der Waals surface area contributed by atoms with E-state index >= 15 is 0 Å². The summed E-state index contributed by atoms with van der Waals surface area (Å²) in [5.74, 6) is 0.942. The summed E-state index contributed by atoms with van der Waals surface area (Å²) < 4.78 is 11.3. The van der Waals surface area contributed by atoms with E-state index in [0.717, 1.165) is 22.2 Å². The van der Waals surface area contributed by atoms with Crippen LogP contribution in [0.5, 0.6) is 11.5 Å². The van der Waals surface area contributed by atoms with E-state index in [1.165, 1.54) is 5.56 Å². The Morgan fingerprint density at radius 1 is 1.20 bits per heavy atom. The summed E-state index contributed by atoms with van der Waals surface area (Å²) >= 11 is 3.38. The number of carbonyl (C=O) groups excluding carboxylic acids is 1. The van der Waals surface area contributed by atoms with Gasteiger partial charge in [-0.1, -0.05) is 31.2 Å². The van der Waals surface area contributed by atoms with Crippen LogP contribution in [0.1, 0.15) is 25.0 Å². The summed E-state index contributed by atoms with van der Waals surface area (Å²) in [6.45, 7) is 3.83. The number of hydrogen-bond acceptors (Lipinski definition) is 4. The van der Waals surface area contributed by atoms with Gasteiger partial charge in [-0.05, 0) is 58.6 Å². The lowest BCUT2D eigenvalue weighted by atomic mass is 10.1. The highest BCUT2D eigenvalue weighted by molar-refractivity contribution is 9.10. The number of ether oxygens (including phenoxy) is 2. The first-order valence-electron chi connectivity index (χ1n) is 7.92. The average molecular weight is 405 g/mol. The quantitative estimate of drug-likeness (QED) is 0.561. The standard InChI is InChI=1S/C19H21BrN2O3/c1-4-14-5-7-15(8-6-14)13(2)21-22-19(23)12-25-18-10-9-16(24-3)11-17(18)20/h5-11H,4,12H2,1-3H3,(H,22,23)/b21-13-. The minimum atomic E-state index is -0.327. The number of nitrogens with one attached hydrogen (secondary N) is 1. The molecule has 5 nitrogen and oxygen atoms in total. The lowest BCUT2D eigenvalue weighted by Gasteiger charge is -2.09. The summed E-state index contributed by atoms with van der Waals surface area (Å²) in [4.78, 5) is 11.9. The summed E-state index contributed by atoms with van der Waals surface area (Å²) in [7, 11) is 1.59. The van der Waals surface area contributed by atoms with E-state index in [1.54, 1.807) is 25.3 Å². The molecule has 6 heteroatoms. The first-order valence-corrected chi connectivity index (χ1v) is 8.71. The molecule has 0 bridgehead atoms. The Hall–Kier alpha value is -2.34. The monoisotopic (exact) mass is 404 g/mol. The molecule has 0 heterocycles. The number of methoxy groups -OCH3 is 1. The molecule has 0 saturated carbocycles. The first-order chi connectivity index (χ1) is 12.0. The minimum absolute atomic E-state index is 0.128. The van der Waals surface area contributed by atoms with Gasteiger partial charge in [0.05, 0.1) is 17.3 Å². The molecule has 0 aromatic heterocycles. The van der Waals surface area contributed by atoms with Crippen molar-refractivity contribution >= 4 is 27.5 Å². The van der Waals surface area contributed by atoms with Gasteiger partial charge in [-0.15, -0.1) is 0 Å². The lowest BCUT2D eigenvalue weighted by Crippen LogP contribution is -2.25. The van der Waals surface area contributed by atoms with Crippen molar-refractivity contribution in [2.45, 2.75) is 20.3 Å². The summed E-state index contributed by atoms with van der Waals surface area (Å²) in [5.41, 5.74) is 5.48. The van der Waals surface area contributed by atoms with Crippen molar-refractivity contribution in [2.75, 3.05) is 13.7 Å². The normalized spacial score (nSPS) is 11.1. The van der Waals surface area contributed by atoms with Gasteiger partial charge >= 0.3 is 0 Å². The fraction of sp³-hybridized carbons (Fsp3) is 0.263. The highest BCUT2D eigenvalue weighted by Crippen LogP contribution is 2.28. The average Bonchev–Trinajstić information content (AvgIpc) is 2.65. The number of amides is 1. The van der Waals surface area contributed by atoms with Gasteiger partial charge < -0.3 is 9.47 Å². The molecule has 0 aliphatic rings. The number of halogens is 1. The zero-order valence-corrected chi connectivity index (χ0v) is 16.1. The molecule has 0 atom stereocenters. The van der Waals surface area contributed by atoms with Gasteiger partial charge in [-0.3, -0.25) is 4.79 Å². The Bertz CT molecular complexity index is 758. The molecule has 1 amide bonds. The van der Waals surface area contributed by atoms with Gasteiger partial charge in [-0.25, -0.2) is 5.43 Å². The van der Waals surface area contributed by atoms with Gasteiger partial charge in [0.2, 0.25) is 0 Å². The number of rotatable bonds is 7. The molecule has 0 spiro atoms. The number of aryl methyl sites for hydroxylation is 1. The third-order valence-corrected chi connectivity index (χ3v) is 4.25. The number of benzene rings is 2. The van der Waals surface area contributed by atoms with Crippen LogP contribution in [0.15, 0.2) is 52.0 Å². The zero-order valence-electron chi connectivity index (χ0n) is 14.5. The maximum Gasteiger partial charge on any atom is 0.277 e. The number of hydrazone groups is 1. The van der Waals surface area contributed by atoms with E-state index in [4.69, 9.17) is 9.47 Å². The van der Waals surface area contributed by atoms with Crippen LogP contribution in [0, 0.1) is 0 Å². The van der Waals surface area contributed by atoms with Crippen LogP contribution < -0.4 is 14.9 Å². The summed E-state index contributed by atoms with van der Waals surface area (Å²) in [6.07, 6.45) is 0.992. The molecule has 2 aromatic carbocycles. The van der Waals surface area contributed by atoms with Crippen molar-refractivity contribution in [1.82, 2.24) is 5.43 Å². The van der Waals surface area contributed by atoms with Crippen LogP contribution in [0.2, 0.25) is 0 Å². The van der Waals surface area contributed by atoms with Crippen LogP contribution in [0.4, 0.5) is 0 Å². The smallest absolute Gasteiger partial charge is 0.277 e. The molecule has 0 aliphatic carbocycles. The molecule has 132 valence electrons. The summed E-state index contributed by atoms with van der Waals surface area (Å²) in [5, 5.41) is 4.12. The fourth-order valence-corrected chi connectivity index (χ4v) is 2.57. The Balaban J connectivity index is 1.89. The molecular formula is C19H21BrN2O3. The Kier molecular flexibility index (Phi) is 7.01. The van der Waals surface area contributed by atoms with Crippen LogP contribution >= 0.6 is 15.9 Å². The number of carbonyl (C=O) groups is 1. The van der Waals surface area contributed by atoms with E-state index in [-0.39, 0.29) is 12.5 Å². The third kappa shape index (κ3) is 5.60. The zero-order chi connectivity index (χ0) is 18.2. The van der Waals surface area contributed by atoms with Crippen LogP contribution in [0.3, 0.4) is 0 Å². The van der Waals surface area contributed by atoms with Crippen LogP contribution in [-0.4, -0.2) is 25.3 Å². The van der Waals surface area contributed by atoms with Crippen LogP contribution in [-0.2, 0) is 11.2 Å². The van der Waals surface area contributed by atoms with Crippen molar-refractivity contribution in [1.29, 1.82) is 0 Å². The second kappa shape index (κ2) is 9.22. The SMILES string of the molecule is CCc1ccc(/C(C)=N\NC(=O)COc2ccc(OC)cc2Br)cc1. The Labute approximate surface area is 156 Å². The molecule has 0 saturated heterocycles. The molecule has 0 unspecified atom stereocenters. The molecule has 2 rings (SSSR count). The largest absolute Gasteiger partial charge is 0.497 e. The van der Waals surface area contributed by atoms with Crippen molar-refractivity contribution < 1.29 is 14.3 Å². The second-order valence-corrected chi connectivity index (χ2v) is 6.22. The highest BCUT2D eigenvalue weighted by atomic mass is 79.9. The maximum absolute atomic E-state index is 11.9. The van der Waals surface area contributed by atoms with Crippen molar-refractivity contribution in [3.8, 4) is 11.5 Å². The van der Waals surface area contributed by atoms with Crippen LogP contribution in [0.25, 0.3) is 0 Å². The Morgan fingerprint density at radius 2 is 1.92 bits per heavy atom. The van der Waals surface area contributed by atoms with Crippen molar-refractivity contribution in [3.05, 3.63) is 58.1 Å². The van der Waals surface area contributed by atoms with Gasteiger partial charge in [0.15, 0.2) is 6.61 Å². The van der Waals surface area contributed by atoms with E-state index in [2.05, 4.69) is 45.5 Å². The molecule has 2 aromatic rings. The fourth-order valence-electron chi connectivity index (χ4n) is 2.09.